The molecule has 1 N–H and O–H groups in total. The van der Waals surface area contributed by atoms with Crippen molar-refractivity contribution >= 4 is 17.3 Å². The fourth-order valence-electron chi connectivity index (χ4n) is 2.37. The van der Waals surface area contributed by atoms with Crippen LogP contribution in [0.5, 0.6) is 0 Å². The lowest BCUT2D eigenvalue weighted by molar-refractivity contribution is 0.102. The lowest BCUT2D eigenvalue weighted by atomic mass is 9.86. The summed E-state index contributed by atoms with van der Waals surface area (Å²) in [7, 11) is 3.93. The highest BCUT2D eigenvalue weighted by molar-refractivity contribution is 6.05. The van der Waals surface area contributed by atoms with Crippen LogP contribution >= 0.6 is 0 Å². The Morgan fingerprint density at radius 1 is 1.00 bits per heavy atom. The Bertz CT molecular complexity index is 669. The van der Waals surface area contributed by atoms with Gasteiger partial charge < -0.3 is 10.2 Å². The molecule has 0 aromatic heterocycles. The van der Waals surface area contributed by atoms with Crippen molar-refractivity contribution in [1.29, 1.82) is 0 Å². The van der Waals surface area contributed by atoms with Gasteiger partial charge >= 0.3 is 0 Å². The quantitative estimate of drug-likeness (QED) is 0.915. The molecule has 0 aliphatic heterocycles. The molecule has 0 spiro atoms. The van der Waals surface area contributed by atoms with E-state index in [-0.39, 0.29) is 11.3 Å². The fraction of sp³-hybridized carbons (Fsp3) is 0.316. The van der Waals surface area contributed by atoms with Crippen LogP contribution < -0.4 is 10.2 Å². The third kappa shape index (κ3) is 3.67. The van der Waals surface area contributed by atoms with E-state index in [1.54, 1.807) is 0 Å². The highest BCUT2D eigenvalue weighted by atomic mass is 16.1. The smallest absolute Gasteiger partial charge is 0.255 e. The minimum absolute atomic E-state index is 0.0185. The van der Waals surface area contributed by atoms with Gasteiger partial charge in [-0.05, 0) is 35.2 Å². The van der Waals surface area contributed by atoms with Crippen LogP contribution in [0.4, 0.5) is 11.4 Å². The number of hydrogen-bond acceptors (Lipinski definition) is 2. The maximum atomic E-state index is 12.5. The van der Waals surface area contributed by atoms with E-state index in [9.17, 15) is 4.79 Å². The van der Waals surface area contributed by atoms with Crippen LogP contribution in [-0.4, -0.2) is 20.0 Å². The first-order chi connectivity index (χ1) is 10.3. The summed E-state index contributed by atoms with van der Waals surface area (Å²) in [6.07, 6.45) is 0. The van der Waals surface area contributed by atoms with Crippen molar-refractivity contribution < 1.29 is 4.79 Å². The van der Waals surface area contributed by atoms with Gasteiger partial charge in [-0.15, -0.1) is 0 Å². The minimum Gasteiger partial charge on any atom is -0.378 e. The predicted molar refractivity (Wildman–Crippen MR) is 93.9 cm³/mol. The minimum atomic E-state index is -0.0830. The van der Waals surface area contributed by atoms with E-state index in [4.69, 9.17) is 0 Å². The van der Waals surface area contributed by atoms with Crippen molar-refractivity contribution in [2.75, 3.05) is 24.3 Å². The summed E-state index contributed by atoms with van der Waals surface area (Å²) in [5.74, 6) is -0.0830. The summed E-state index contributed by atoms with van der Waals surface area (Å²) >= 11 is 0. The first-order valence-corrected chi connectivity index (χ1v) is 7.47. The van der Waals surface area contributed by atoms with Gasteiger partial charge in [0.2, 0.25) is 0 Å². The molecule has 116 valence electrons. The molecule has 0 atom stereocenters. The molecule has 0 saturated carbocycles. The van der Waals surface area contributed by atoms with Crippen LogP contribution in [0.1, 0.15) is 36.7 Å². The number of hydrogen-bond donors (Lipinski definition) is 1. The standard InChI is InChI=1S/C19H24N2O/c1-19(2,3)16-11-6-7-12-17(16)20-18(22)14-9-8-10-15(13-14)21(4)5/h6-13H,1-5H3,(H,20,22). The first-order valence-electron chi connectivity index (χ1n) is 7.47. The number of nitrogens with one attached hydrogen (secondary N) is 1. The lowest BCUT2D eigenvalue weighted by Crippen LogP contribution is -2.19. The van der Waals surface area contributed by atoms with Gasteiger partial charge in [-0.2, -0.15) is 0 Å². The van der Waals surface area contributed by atoms with E-state index < -0.39 is 0 Å². The predicted octanol–water partition coefficient (Wildman–Crippen LogP) is 4.30. The van der Waals surface area contributed by atoms with E-state index in [1.807, 2.05) is 61.5 Å². The Morgan fingerprint density at radius 3 is 2.32 bits per heavy atom. The van der Waals surface area contributed by atoms with E-state index in [2.05, 4.69) is 32.2 Å². The van der Waals surface area contributed by atoms with Crippen molar-refractivity contribution in [3.8, 4) is 0 Å². The van der Waals surface area contributed by atoms with Crippen molar-refractivity contribution in [1.82, 2.24) is 0 Å². The molecule has 0 aliphatic carbocycles. The molecule has 0 saturated heterocycles. The van der Waals surface area contributed by atoms with Gasteiger partial charge in [-0.25, -0.2) is 0 Å². The number of anilines is 2. The van der Waals surface area contributed by atoms with Crippen LogP contribution in [0, 0.1) is 0 Å². The number of para-hydroxylation sites is 1. The zero-order chi connectivity index (χ0) is 16.3. The Morgan fingerprint density at radius 2 is 1.68 bits per heavy atom. The third-order valence-electron chi connectivity index (χ3n) is 3.61. The lowest BCUT2D eigenvalue weighted by Gasteiger charge is -2.23. The Kier molecular flexibility index (Phi) is 4.55. The first kappa shape index (κ1) is 16.1. The van der Waals surface area contributed by atoms with Gasteiger partial charge in [0, 0.05) is 31.0 Å². The molecule has 1 amide bonds. The fourth-order valence-corrected chi connectivity index (χ4v) is 2.37. The molecule has 0 bridgehead atoms. The van der Waals surface area contributed by atoms with E-state index >= 15 is 0 Å². The average molecular weight is 296 g/mol. The molecule has 3 heteroatoms. The second-order valence-electron chi connectivity index (χ2n) is 6.69. The molecular weight excluding hydrogens is 272 g/mol. The van der Waals surface area contributed by atoms with Crippen molar-refractivity contribution in [3.63, 3.8) is 0 Å². The highest BCUT2D eigenvalue weighted by Gasteiger charge is 2.19. The number of amides is 1. The SMILES string of the molecule is CN(C)c1cccc(C(=O)Nc2ccccc2C(C)(C)C)c1. The Hall–Kier alpha value is -2.29. The molecule has 0 unspecified atom stereocenters. The van der Waals surface area contributed by atoms with Gasteiger partial charge in [0.25, 0.3) is 5.91 Å². The number of nitrogens with zero attached hydrogens (tertiary/aromatic N) is 1. The zero-order valence-electron chi connectivity index (χ0n) is 14.0. The van der Waals surface area contributed by atoms with Crippen LogP contribution in [0.2, 0.25) is 0 Å². The number of carbonyl (C=O) groups is 1. The molecule has 22 heavy (non-hydrogen) atoms. The van der Waals surface area contributed by atoms with Gasteiger partial charge in [0.1, 0.15) is 0 Å². The molecule has 2 aromatic carbocycles. The Labute approximate surface area is 133 Å². The molecule has 0 fully saturated rings. The van der Waals surface area contributed by atoms with Crippen molar-refractivity contribution in [2.24, 2.45) is 0 Å². The molecule has 3 nitrogen and oxygen atoms in total. The Balaban J connectivity index is 2.28. The summed E-state index contributed by atoms with van der Waals surface area (Å²) in [6.45, 7) is 6.43. The van der Waals surface area contributed by atoms with Crippen molar-refractivity contribution in [3.05, 3.63) is 59.7 Å². The summed E-state index contributed by atoms with van der Waals surface area (Å²) in [5, 5.41) is 3.04. The third-order valence-corrected chi connectivity index (χ3v) is 3.61. The van der Waals surface area contributed by atoms with E-state index in [0.717, 1.165) is 16.9 Å². The largest absolute Gasteiger partial charge is 0.378 e. The van der Waals surface area contributed by atoms with Gasteiger partial charge in [-0.1, -0.05) is 45.0 Å². The second-order valence-corrected chi connectivity index (χ2v) is 6.69. The van der Waals surface area contributed by atoms with E-state index in [1.165, 1.54) is 0 Å². The normalized spacial score (nSPS) is 11.1. The number of benzene rings is 2. The average Bonchev–Trinajstić information content (AvgIpc) is 2.46. The van der Waals surface area contributed by atoms with Crippen LogP contribution in [-0.2, 0) is 5.41 Å². The zero-order valence-corrected chi connectivity index (χ0v) is 14.0. The molecule has 2 aromatic rings. The van der Waals surface area contributed by atoms with Gasteiger partial charge in [0.15, 0.2) is 0 Å². The summed E-state index contributed by atoms with van der Waals surface area (Å²) in [6, 6.07) is 15.6. The maximum absolute atomic E-state index is 12.5. The van der Waals surface area contributed by atoms with Crippen LogP contribution in [0.15, 0.2) is 48.5 Å². The van der Waals surface area contributed by atoms with Gasteiger partial charge in [0.05, 0.1) is 0 Å². The molecule has 0 radical (unpaired) electrons. The van der Waals surface area contributed by atoms with Gasteiger partial charge in [-0.3, -0.25) is 4.79 Å². The molecule has 2 rings (SSSR count). The monoisotopic (exact) mass is 296 g/mol. The summed E-state index contributed by atoms with van der Waals surface area (Å²) in [5.41, 5.74) is 3.66. The number of rotatable bonds is 3. The summed E-state index contributed by atoms with van der Waals surface area (Å²) in [4.78, 5) is 14.5. The van der Waals surface area contributed by atoms with Crippen molar-refractivity contribution in [2.45, 2.75) is 26.2 Å². The van der Waals surface area contributed by atoms with Crippen LogP contribution in [0.25, 0.3) is 0 Å². The highest BCUT2D eigenvalue weighted by Crippen LogP contribution is 2.29. The maximum Gasteiger partial charge on any atom is 0.255 e. The molecular formula is C19H24N2O. The topological polar surface area (TPSA) is 32.3 Å². The molecule has 0 heterocycles. The second kappa shape index (κ2) is 6.22. The number of carbonyl (C=O) groups excluding carboxylic acids is 1. The molecule has 0 aliphatic rings. The van der Waals surface area contributed by atoms with Crippen LogP contribution in [0.3, 0.4) is 0 Å². The van der Waals surface area contributed by atoms with E-state index in [0.29, 0.717) is 5.56 Å². The summed E-state index contributed by atoms with van der Waals surface area (Å²) < 4.78 is 0.